The van der Waals surface area contributed by atoms with Crippen LogP contribution >= 0.6 is 0 Å². The van der Waals surface area contributed by atoms with Crippen LogP contribution in [0.15, 0.2) is 66.7 Å². The number of para-hydroxylation sites is 1. The van der Waals surface area contributed by atoms with E-state index in [0.29, 0.717) is 24.7 Å². The molecule has 0 spiro atoms. The van der Waals surface area contributed by atoms with Crippen molar-refractivity contribution >= 4 is 11.7 Å². The van der Waals surface area contributed by atoms with Crippen LogP contribution < -0.4 is 14.8 Å². The van der Waals surface area contributed by atoms with Gasteiger partial charge in [-0.15, -0.1) is 0 Å². The Hall–Kier alpha value is -3.47. The Balaban J connectivity index is 1.75. The standard InChI is InChI=1S/C23H23NO4/c1-16-6-3-4-7-19(16)15-28-22-18(8-5-9-21(22)27-2)14-24-20-12-10-17(11-13-20)23(25)26/h3-13,24H,14-15H2,1-2H3,(H,25,26). The predicted octanol–water partition coefficient (Wildman–Crippen LogP) is 4.89. The summed E-state index contributed by atoms with van der Waals surface area (Å²) in [4.78, 5) is 11.0. The van der Waals surface area contributed by atoms with Gasteiger partial charge in [0.05, 0.1) is 12.7 Å². The first kappa shape index (κ1) is 19.3. The molecule has 0 aliphatic carbocycles. The highest BCUT2D eigenvalue weighted by atomic mass is 16.5. The van der Waals surface area contributed by atoms with Crippen LogP contribution in [0, 0.1) is 6.92 Å². The molecule has 0 aliphatic rings. The van der Waals surface area contributed by atoms with Crippen molar-refractivity contribution in [2.24, 2.45) is 0 Å². The maximum atomic E-state index is 11.0. The maximum Gasteiger partial charge on any atom is 0.335 e. The molecule has 0 radical (unpaired) electrons. The van der Waals surface area contributed by atoms with Gasteiger partial charge in [0.1, 0.15) is 6.61 Å². The molecule has 5 nitrogen and oxygen atoms in total. The second-order valence-corrected chi connectivity index (χ2v) is 6.40. The van der Waals surface area contributed by atoms with Gasteiger partial charge in [-0.3, -0.25) is 0 Å². The monoisotopic (exact) mass is 377 g/mol. The molecule has 3 aromatic rings. The number of benzene rings is 3. The Kier molecular flexibility index (Phi) is 6.17. The van der Waals surface area contributed by atoms with Gasteiger partial charge in [0, 0.05) is 17.8 Å². The lowest BCUT2D eigenvalue weighted by Crippen LogP contribution is -2.06. The summed E-state index contributed by atoms with van der Waals surface area (Å²) in [6.07, 6.45) is 0. The number of nitrogens with one attached hydrogen (secondary N) is 1. The Morgan fingerprint density at radius 3 is 2.36 bits per heavy atom. The molecule has 0 fully saturated rings. The van der Waals surface area contributed by atoms with Crippen LogP contribution in [0.2, 0.25) is 0 Å². The number of carbonyl (C=O) groups is 1. The summed E-state index contributed by atoms with van der Waals surface area (Å²) >= 11 is 0. The predicted molar refractivity (Wildman–Crippen MR) is 109 cm³/mol. The van der Waals surface area contributed by atoms with E-state index in [4.69, 9.17) is 14.6 Å². The van der Waals surface area contributed by atoms with E-state index in [-0.39, 0.29) is 5.56 Å². The quantitative estimate of drug-likeness (QED) is 0.585. The van der Waals surface area contributed by atoms with Crippen molar-refractivity contribution in [2.45, 2.75) is 20.1 Å². The number of anilines is 1. The number of hydrogen-bond donors (Lipinski definition) is 2. The van der Waals surface area contributed by atoms with Gasteiger partial charge in [0.15, 0.2) is 11.5 Å². The number of ether oxygens (including phenoxy) is 2. The normalized spacial score (nSPS) is 10.4. The van der Waals surface area contributed by atoms with Gasteiger partial charge >= 0.3 is 5.97 Å². The van der Waals surface area contributed by atoms with Crippen LogP contribution in [0.4, 0.5) is 5.69 Å². The third kappa shape index (κ3) is 4.62. The van der Waals surface area contributed by atoms with E-state index >= 15 is 0 Å². The summed E-state index contributed by atoms with van der Waals surface area (Å²) in [5.74, 6) is 0.434. The number of methoxy groups -OCH3 is 1. The van der Waals surface area contributed by atoms with Crippen molar-refractivity contribution in [1.82, 2.24) is 0 Å². The molecule has 0 aliphatic heterocycles. The number of aromatic carboxylic acids is 1. The number of aryl methyl sites for hydroxylation is 1. The second kappa shape index (κ2) is 8.95. The van der Waals surface area contributed by atoms with Gasteiger partial charge in [0.25, 0.3) is 0 Å². The fourth-order valence-electron chi connectivity index (χ4n) is 2.87. The van der Waals surface area contributed by atoms with Gasteiger partial charge in [-0.05, 0) is 48.4 Å². The maximum absolute atomic E-state index is 11.0. The number of rotatable bonds is 8. The largest absolute Gasteiger partial charge is 0.493 e. The molecule has 5 heteroatoms. The van der Waals surface area contributed by atoms with Crippen LogP contribution in [0.3, 0.4) is 0 Å². The first-order valence-corrected chi connectivity index (χ1v) is 8.99. The molecule has 0 amide bonds. The first-order chi connectivity index (χ1) is 13.6. The summed E-state index contributed by atoms with van der Waals surface area (Å²) in [6.45, 7) is 3.03. The highest BCUT2D eigenvalue weighted by Gasteiger charge is 2.12. The lowest BCUT2D eigenvalue weighted by atomic mass is 10.1. The first-order valence-electron chi connectivity index (χ1n) is 8.99. The number of hydrogen-bond acceptors (Lipinski definition) is 4. The van der Waals surface area contributed by atoms with Crippen LogP contribution in [0.25, 0.3) is 0 Å². The molecule has 3 rings (SSSR count). The summed E-state index contributed by atoms with van der Waals surface area (Å²) in [7, 11) is 1.62. The summed E-state index contributed by atoms with van der Waals surface area (Å²) < 4.78 is 11.6. The van der Waals surface area contributed by atoms with Crippen molar-refractivity contribution in [1.29, 1.82) is 0 Å². The lowest BCUT2D eigenvalue weighted by molar-refractivity contribution is 0.0697. The molecule has 3 aromatic carbocycles. The van der Waals surface area contributed by atoms with Crippen LogP contribution in [-0.4, -0.2) is 18.2 Å². The van der Waals surface area contributed by atoms with Crippen molar-refractivity contribution in [3.05, 3.63) is 89.0 Å². The molecule has 0 unspecified atom stereocenters. The van der Waals surface area contributed by atoms with Gasteiger partial charge in [-0.2, -0.15) is 0 Å². The minimum Gasteiger partial charge on any atom is -0.493 e. The average molecular weight is 377 g/mol. The Bertz CT molecular complexity index is 951. The summed E-state index contributed by atoms with van der Waals surface area (Å²) in [5.41, 5.74) is 4.34. The second-order valence-electron chi connectivity index (χ2n) is 6.40. The van der Waals surface area contributed by atoms with Crippen LogP contribution in [-0.2, 0) is 13.2 Å². The molecular weight excluding hydrogens is 354 g/mol. The van der Waals surface area contributed by atoms with Gasteiger partial charge in [-0.25, -0.2) is 4.79 Å². The molecule has 28 heavy (non-hydrogen) atoms. The van der Waals surface area contributed by atoms with Gasteiger partial charge in [0.2, 0.25) is 0 Å². The molecular formula is C23H23NO4. The molecule has 0 bridgehead atoms. The van der Waals surface area contributed by atoms with E-state index in [9.17, 15) is 4.79 Å². The summed E-state index contributed by atoms with van der Waals surface area (Å²) in [5, 5.41) is 12.3. The van der Waals surface area contributed by atoms with Gasteiger partial charge < -0.3 is 19.9 Å². The van der Waals surface area contributed by atoms with Crippen LogP contribution in [0.1, 0.15) is 27.0 Å². The van der Waals surface area contributed by atoms with Gasteiger partial charge in [-0.1, -0.05) is 36.4 Å². The van der Waals surface area contributed by atoms with E-state index in [0.717, 1.165) is 16.8 Å². The lowest BCUT2D eigenvalue weighted by Gasteiger charge is -2.17. The molecule has 0 aromatic heterocycles. The SMILES string of the molecule is COc1cccc(CNc2ccc(C(=O)O)cc2)c1OCc1ccccc1C. The topological polar surface area (TPSA) is 67.8 Å². The fourth-order valence-corrected chi connectivity index (χ4v) is 2.87. The summed E-state index contributed by atoms with van der Waals surface area (Å²) in [6, 6.07) is 20.5. The molecule has 0 saturated heterocycles. The molecule has 2 N–H and O–H groups in total. The highest BCUT2D eigenvalue weighted by Crippen LogP contribution is 2.32. The zero-order valence-electron chi connectivity index (χ0n) is 15.9. The average Bonchev–Trinajstić information content (AvgIpc) is 2.72. The Morgan fingerprint density at radius 1 is 0.964 bits per heavy atom. The Labute approximate surface area is 164 Å². The molecule has 0 saturated carbocycles. The minimum absolute atomic E-state index is 0.259. The third-order valence-corrected chi connectivity index (χ3v) is 4.53. The van der Waals surface area contributed by atoms with Crippen molar-refractivity contribution < 1.29 is 19.4 Å². The molecule has 144 valence electrons. The fraction of sp³-hybridized carbons (Fsp3) is 0.174. The van der Waals surface area contributed by atoms with E-state index in [1.165, 1.54) is 5.56 Å². The van der Waals surface area contributed by atoms with E-state index < -0.39 is 5.97 Å². The number of carboxylic acids is 1. The number of carboxylic acid groups (broad SMARTS) is 1. The van der Waals surface area contributed by atoms with E-state index in [1.54, 1.807) is 31.4 Å². The smallest absolute Gasteiger partial charge is 0.335 e. The van der Waals surface area contributed by atoms with Crippen LogP contribution in [0.5, 0.6) is 11.5 Å². The van der Waals surface area contributed by atoms with Crippen molar-refractivity contribution in [2.75, 3.05) is 12.4 Å². The zero-order valence-corrected chi connectivity index (χ0v) is 15.9. The molecule has 0 atom stereocenters. The minimum atomic E-state index is -0.939. The Morgan fingerprint density at radius 2 is 1.68 bits per heavy atom. The van der Waals surface area contributed by atoms with Crippen molar-refractivity contribution in [3.63, 3.8) is 0 Å². The molecule has 0 heterocycles. The highest BCUT2D eigenvalue weighted by molar-refractivity contribution is 5.88. The zero-order chi connectivity index (χ0) is 19.9. The van der Waals surface area contributed by atoms with E-state index in [1.807, 2.05) is 36.4 Å². The third-order valence-electron chi connectivity index (χ3n) is 4.53. The van der Waals surface area contributed by atoms with Crippen molar-refractivity contribution in [3.8, 4) is 11.5 Å². The van der Waals surface area contributed by atoms with E-state index in [2.05, 4.69) is 18.3 Å².